The van der Waals surface area contributed by atoms with Crippen LogP contribution < -0.4 is 10.6 Å². The van der Waals surface area contributed by atoms with Gasteiger partial charge in [0.1, 0.15) is 12.2 Å². The highest BCUT2D eigenvalue weighted by Crippen LogP contribution is 2.21. The van der Waals surface area contributed by atoms with E-state index in [1.807, 2.05) is 4.68 Å². The van der Waals surface area contributed by atoms with Gasteiger partial charge in [-0.05, 0) is 38.5 Å². The summed E-state index contributed by atoms with van der Waals surface area (Å²) in [6.07, 6.45) is 4.94. The minimum Gasteiger partial charge on any atom is -0.388 e. The van der Waals surface area contributed by atoms with Crippen LogP contribution in [-0.2, 0) is 6.54 Å². The molecule has 0 aliphatic carbocycles. The number of hydrogen-bond acceptors (Lipinski definition) is 4. The van der Waals surface area contributed by atoms with E-state index in [0.29, 0.717) is 12.3 Å². The molecule has 1 aromatic rings. The van der Waals surface area contributed by atoms with Crippen LogP contribution in [0.15, 0.2) is 6.33 Å². The number of nitrogens with one attached hydrogen (secondary N) is 2. The van der Waals surface area contributed by atoms with Crippen LogP contribution in [-0.4, -0.2) is 38.0 Å². The lowest BCUT2D eigenvalue weighted by Crippen LogP contribution is -2.46. The summed E-state index contributed by atoms with van der Waals surface area (Å²) in [6, 6.07) is -0.386. The number of aromatic nitrogens is 3. The van der Waals surface area contributed by atoms with Gasteiger partial charge in [0.05, 0.1) is 11.6 Å². The SMILES string of the molecule is CC(C)CCC(C)(O)CNC(=O)NC1CCCn2ncnc21. The first-order valence-electron chi connectivity index (χ1n) is 8.02. The summed E-state index contributed by atoms with van der Waals surface area (Å²) in [5.41, 5.74) is -0.881. The zero-order chi connectivity index (χ0) is 16.2. The van der Waals surface area contributed by atoms with Crippen molar-refractivity contribution in [3.63, 3.8) is 0 Å². The molecule has 22 heavy (non-hydrogen) atoms. The highest BCUT2D eigenvalue weighted by molar-refractivity contribution is 5.74. The molecular formula is C15H27N5O2. The van der Waals surface area contributed by atoms with Gasteiger partial charge in [0, 0.05) is 13.1 Å². The third kappa shape index (κ3) is 4.69. The Bertz CT molecular complexity index is 498. The fourth-order valence-electron chi connectivity index (χ4n) is 2.59. The third-order valence-electron chi connectivity index (χ3n) is 4.02. The van der Waals surface area contributed by atoms with Crippen molar-refractivity contribution in [1.82, 2.24) is 25.4 Å². The Labute approximate surface area is 131 Å². The van der Waals surface area contributed by atoms with E-state index in [1.165, 1.54) is 6.33 Å². The second-order valence-electron chi connectivity index (χ2n) is 6.79. The molecule has 0 aromatic carbocycles. The summed E-state index contributed by atoms with van der Waals surface area (Å²) >= 11 is 0. The van der Waals surface area contributed by atoms with Gasteiger partial charge in [-0.3, -0.25) is 0 Å². The van der Waals surface area contributed by atoms with Crippen LogP contribution in [0.3, 0.4) is 0 Å². The molecule has 1 aliphatic rings. The van der Waals surface area contributed by atoms with E-state index in [4.69, 9.17) is 0 Å². The molecular weight excluding hydrogens is 282 g/mol. The number of aryl methyl sites for hydroxylation is 1. The smallest absolute Gasteiger partial charge is 0.315 e. The zero-order valence-corrected chi connectivity index (χ0v) is 13.7. The summed E-state index contributed by atoms with van der Waals surface area (Å²) in [5, 5.41) is 20.1. The molecule has 2 amide bonds. The number of nitrogens with zero attached hydrogens (tertiary/aromatic N) is 3. The van der Waals surface area contributed by atoms with E-state index in [1.54, 1.807) is 6.92 Å². The van der Waals surface area contributed by atoms with Crippen molar-refractivity contribution < 1.29 is 9.90 Å². The molecule has 2 unspecified atom stereocenters. The third-order valence-corrected chi connectivity index (χ3v) is 4.02. The number of urea groups is 1. The fraction of sp³-hybridized carbons (Fsp3) is 0.800. The normalized spacial score (nSPS) is 20.3. The molecule has 0 fully saturated rings. The van der Waals surface area contributed by atoms with Gasteiger partial charge >= 0.3 is 6.03 Å². The van der Waals surface area contributed by atoms with Gasteiger partial charge in [0.25, 0.3) is 0 Å². The monoisotopic (exact) mass is 309 g/mol. The molecule has 2 heterocycles. The Morgan fingerprint density at radius 3 is 3.09 bits per heavy atom. The first kappa shape index (κ1) is 16.7. The molecule has 124 valence electrons. The van der Waals surface area contributed by atoms with Crippen LogP contribution in [0.1, 0.15) is 58.3 Å². The Hall–Kier alpha value is -1.63. The van der Waals surface area contributed by atoms with Crippen molar-refractivity contribution in [2.24, 2.45) is 5.92 Å². The Morgan fingerprint density at radius 2 is 2.36 bits per heavy atom. The van der Waals surface area contributed by atoms with E-state index >= 15 is 0 Å². The number of fused-ring (bicyclic) bond motifs is 1. The molecule has 0 saturated heterocycles. The molecule has 1 aromatic heterocycles. The highest BCUT2D eigenvalue weighted by atomic mass is 16.3. The van der Waals surface area contributed by atoms with Gasteiger partial charge in [-0.2, -0.15) is 5.10 Å². The zero-order valence-electron chi connectivity index (χ0n) is 13.7. The summed E-state index contributed by atoms with van der Waals surface area (Å²) in [4.78, 5) is 16.2. The van der Waals surface area contributed by atoms with E-state index < -0.39 is 5.60 Å². The summed E-state index contributed by atoms with van der Waals surface area (Å²) in [6.45, 7) is 7.09. The van der Waals surface area contributed by atoms with Crippen molar-refractivity contribution in [2.75, 3.05) is 6.54 Å². The average Bonchev–Trinajstić information content (AvgIpc) is 2.93. The molecule has 2 rings (SSSR count). The van der Waals surface area contributed by atoms with Crippen LogP contribution in [0.5, 0.6) is 0 Å². The van der Waals surface area contributed by atoms with Gasteiger partial charge < -0.3 is 15.7 Å². The Morgan fingerprint density at radius 1 is 1.59 bits per heavy atom. The standard InChI is InChI=1S/C15H27N5O2/c1-11(2)6-7-15(3,22)9-16-14(21)19-12-5-4-8-20-13(12)17-10-18-20/h10-12,22H,4-9H2,1-3H3,(H2,16,19,21). The lowest BCUT2D eigenvalue weighted by Gasteiger charge is -2.26. The number of aliphatic hydroxyl groups is 1. The maximum absolute atomic E-state index is 12.0. The Kier molecular flexibility index (Phi) is 5.39. The summed E-state index contributed by atoms with van der Waals surface area (Å²) in [7, 11) is 0. The van der Waals surface area contributed by atoms with Crippen molar-refractivity contribution in [2.45, 2.75) is 64.6 Å². The second kappa shape index (κ2) is 7.09. The van der Waals surface area contributed by atoms with E-state index in [9.17, 15) is 9.90 Å². The maximum Gasteiger partial charge on any atom is 0.315 e. The van der Waals surface area contributed by atoms with Gasteiger partial charge in [0.2, 0.25) is 0 Å². The minimum absolute atomic E-state index is 0.114. The van der Waals surface area contributed by atoms with Crippen molar-refractivity contribution in [3.8, 4) is 0 Å². The topological polar surface area (TPSA) is 92.1 Å². The summed E-state index contributed by atoms with van der Waals surface area (Å²) < 4.78 is 1.83. The fourth-order valence-corrected chi connectivity index (χ4v) is 2.59. The van der Waals surface area contributed by atoms with Gasteiger partial charge in [-0.15, -0.1) is 0 Å². The molecule has 0 radical (unpaired) electrons. The predicted molar refractivity (Wildman–Crippen MR) is 83.2 cm³/mol. The molecule has 1 aliphatic heterocycles. The quantitative estimate of drug-likeness (QED) is 0.744. The average molecular weight is 309 g/mol. The van der Waals surface area contributed by atoms with Crippen LogP contribution in [0.4, 0.5) is 4.79 Å². The number of hydrogen-bond donors (Lipinski definition) is 3. The van der Waals surface area contributed by atoms with E-state index in [2.05, 4.69) is 34.6 Å². The first-order chi connectivity index (χ1) is 10.4. The van der Waals surface area contributed by atoms with Gasteiger partial charge in [-0.25, -0.2) is 14.5 Å². The number of amides is 2. The number of carbonyl (C=O) groups is 1. The first-order valence-corrected chi connectivity index (χ1v) is 8.02. The molecule has 0 saturated carbocycles. The largest absolute Gasteiger partial charge is 0.388 e. The van der Waals surface area contributed by atoms with E-state index in [-0.39, 0.29) is 18.6 Å². The molecule has 3 N–H and O–H groups in total. The number of carbonyl (C=O) groups excluding carboxylic acids is 1. The van der Waals surface area contributed by atoms with Crippen molar-refractivity contribution in [1.29, 1.82) is 0 Å². The minimum atomic E-state index is -0.881. The van der Waals surface area contributed by atoms with Crippen LogP contribution in [0.25, 0.3) is 0 Å². The highest BCUT2D eigenvalue weighted by Gasteiger charge is 2.25. The van der Waals surface area contributed by atoms with Crippen LogP contribution >= 0.6 is 0 Å². The lowest BCUT2D eigenvalue weighted by atomic mass is 9.95. The van der Waals surface area contributed by atoms with Gasteiger partial charge in [-0.1, -0.05) is 13.8 Å². The molecule has 0 spiro atoms. The van der Waals surface area contributed by atoms with Gasteiger partial charge in [0.15, 0.2) is 0 Å². The number of rotatable bonds is 6. The molecule has 0 bridgehead atoms. The van der Waals surface area contributed by atoms with E-state index in [0.717, 1.165) is 31.6 Å². The Balaban J connectivity index is 1.79. The lowest BCUT2D eigenvalue weighted by molar-refractivity contribution is 0.0475. The maximum atomic E-state index is 12.0. The molecule has 7 nitrogen and oxygen atoms in total. The van der Waals surface area contributed by atoms with Crippen molar-refractivity contribution in [3.05, 3.63) is 12.2 Å². The predicted octanol–water partition coefficient (Wildman–Crippen LogP) is 1.60. The van der Waals surface area contributed by atoms with Crippen molar-refractivity contribution >= 4 is 6.03 Å². The van der Waals surface area contributed by atoms with Crippen LogP contribution in [0.2, 0.25) is 0 Å². The second-order valence-corrected chi connectivity index (χ2v) is 6.79. The molecule has 2 atom stereocenters. The molecule has 7 heteroatoms. The van der Waals surface area contributed by atoms with Crippen LogP contribution in [0, 0.1) is 5.92 Å². The summed E-state index contributed by atoms with van der Waals surface area (Å²) in [5.74, 6) is 1.34.